The largest absolute Gasteiger partial charge is 0.267 e. The molecule has 0 N–H and O–H groups in total. The minimum absolute atomic E-state index is 0.0483. The van der Waals surface area contributed by atoms with Crippen LogP contribution >= 0.6 is 0 Å². The lowest BCUT2D eigenvalue weighted by molar-refractivity contribution is 0.299. The van der Waals surface area contributed by atoms with E-state index in [1.165, 1.54) is 0 Å². The zero-order chi connectivity index (χ0) is 9.90. The van der Waals surface area contributed by atoms with Crippen LogP contribution in [0.1, 0.15) is 12.6 Å². The Bertz CT molecular complexity index is 369. The Kier molecular flexibility index (Phi) is 3.05. The van der Waals surface area contributed by atoms with Crippen LogP contribution in [0.2, 0.25) is 0 Å². The third-order valence-electron chi connectivity index (χ3n) is 1.52. The summed E-state index contributed by atoms with van der Waals surface area (Å²) in [5.41, 5.74) is 0.757. The van der Waals surface area contributed by atoms with Gasteiger partial charge in [-0.25, -0.2) is 0 Å². The molecule has 0 radical (unpaired) electrons. The van der Waals surface area contributed by atoms with Gasteiger partial charge in [0.05, 0.1) is 11.9 Å². The number of aromatic nitrogens is 2. The van der Waals surface area contributed by atoms with E-state index in [1.807, 2.05) is 6.92 Å². The smallest absolute Gasteiger partial charge is 0.264 e. The third-order valence-corrected chi connectivity index (χ3v) is 2.07. The molecule has 0 aliphatic heterocycles. The first-order valence-corrected chi connectivity index (χ1v) is 5.69. The summed E-state index contributed by atoms with van der Waals surface area (Å²) in [6, 6.07) is 1.73. The zero-order valence-electron chi connectivity index (χ0n) is 7.60. The highest BCUT2D eigenvalue weighted by molar-refractivity contribution is 7.85. The maximum absolute atomic E-state index is 10.7. The van der Waals surface area contributed by atoms with Crippen LogP contribution in [0.4, 0.5) is 0 Å². The zero-order valence-corrected chi connectivity index (χ0v) is 8.41. The van der Waals surface area contributed by atoms with E-state index in [4.69, 9.17) is 0 Å². The number of rotatable bonds is 4. The van der Waals surface area contributed by atoms with Crippen LogP contribution in [-0.4, -0.2) is 24.5 Å². The Morgan fingerprint density at radius 3 is 2.85 bits per heavy atom. The van der Waals surface area contributed by atoms with Crippen molar-refractivity contribution in [1.82, 2.24) is 9.78 Å². The predicted molar refractivity (Wildman–Crippen MR) is 47.5 cm³/mol. The molecule has 0 aromatic carbocycles. The van der Waals surface area contributed by atoms with Gasteiger partial charge in [0.15, 0.2) is 0 Å². The van der Waals surface area contributed by atoms with E-state index in [2.05, 4.69) is 9.28 Å². The molecule has 0 amide bonds. The second-order valence-corrected chi connectivity index (χ2v) is 4.25. The van der Waals surface area contributed by atoms with Crippen molar-refractivity contribution in [2.24, 2.45) is 0 Å². The summed E-state index contributed by atoms with van der Waals surface area (Å²) in [4.78, 5) is 0. The lowest BCUT2D eigenvalue weighted by atomic mass is 10.4. The first-order chi connectivity index (χ1) is 6.03. The summed E-state index contributed by atoms with van der Waals surface area (Å²) in [6.07, 6.45) is 2.64. The first kappa shape index (κ1) is 10.2. The lowest BCUT2D eigenvalue weighted by Gasteiger charge is -2.03. The van der Waals surface area contributed by atoms with E-state index in [0.717, 1.165) is 11.9 Å². The molecular formula is C7H12N2O3S. The van der Waals surface area contributed by atoms with Gasteiger partial charge in [0.2, 0.25) is 0 Å². The van der Waals surface area contributed by atoms with E-state index >= 15 is 0 Å². The van der Waals surface area contributed by atoms with Gasteiger partial charge >= 0.3 is 0 Å². The van der Waals surface area contributed by atoms with Gasteiger partial charge in [-0.2, -0.15) is 13.5 Å². The molecule has 74 valence electrons. The maximum atomic E-state index is 10.7. The molecule has 0 saturated heterocycles. The maximum Gasteiger partial charge on any atom is 0.264 e. The summed E-state index contributed by atoms with van der Waals surface area (Å²) in [6.45, 7) is 2.68. The molecule has 0 bridgehead atoms. The number of aryl methyl sites for hydroxylation is 1. The fourth-order valence-electron chi connectivity index (χ4n) is 0.935. The van der Waals surface area contributed by atoms with Crippen molar-refractivity contribution in [2.45, 2.75) is 20.1 Å². The van der Waals surface area contributed by atoms with Gasteiger partial charge in [-0.1, -0.05) is 0 Å². The van der Waals surface area contributed by atoms with Gasteiger partial charge in [0.1, 0.15) is 6.61 Å². The molecule has 1 heterocycles. The normalized spacial score (nSPS) is 11.8. The van der Waals surface area contributed by atoms with E-state index in [0.29, 0.717) is 6.54 Å². The van der Waals surface area contributed by atoms with Crippen LogP contribution in [-0.2, 0) is 27.5 Å². The van der Waals surface area contributed by atoms with Crippen LogP contribution in [0, 0.1) is 0 Å². The van der Waals surface area contributed by atoms with E-state index < -0.39 is 10.1 Å². The van der Waals surface area contributed by atoms with Gasteiger partial charge in [-0.05, 0) is 13.0 Å². The third kappa shape index (κ3) is 3.16. The Morgan fingerprint density at radius 1 is 1.62 bits per heavy atom. The molecule has 0 unspecified atom stereocenters. The monoisotopic (exact) mass is 204 g/mol. The fourth-order valence-corrected chi connectivity index (χ4v) is 1.27. The minimum atomic E-state index is -3.37. The molecule has 0 atom stereocenters. The van der Waals surface area contributed by atoms with Crippen LogP contribution in [0.3, 0.4) is 0 Å². The summed E-state index contributed by atoms with van der Waals surface area (Å²) < 4.78 is 27.7. The van der Waals surface area contributed by atoms with Crippen molar-refractivity contribution in [3.63, 3.8) is 0 Å². The molecule has 1 rings (SSSR count). The quantitative estimate of drug-likeness (QED) is 0.665. The number of hydrogen-bond acceptors (Lipinski definition) is 4. The molecule has 1 aromatic heterocycles. The molecule has 6 heteroatoms. The summed E-state index contributed by atoms with van der Waals surface area (Å²) in [5.74, 6) is 0. The predicted octanol–water partition coefficient (Wildman–Crippen LogP) is 0.379. The molecule has 0 aliphatic rings. The Balaban J connectivity index is 2.64. The molecular weight excluding hydrogens is 192 g/mol. The summed E-state index contributed by atoms with van der Waals surface area (Å²) in [5, 5.41) is 3.98. The molecule has 5 nitrogen and oxygen atoms in total. The van der Waals surface area contributed by atoms with Gasteiger partial charge in [-0.3, -0.25) is 8.86 Å². The van der Waals surface area contributed by atoms with Crippen LogP contribution in [0.15, 0.2) is 12.3 Å². The van der Waals surface area contributed by atoms with Crippen LogP contribution in [0.25, 0.3) is 0 Å². The van der Waals surface area contributed by atoms with Crippen LogP contribution < -0.4 is 0 Å². The standard InChI is InChI=1S/C7H12N2O3S/c1-3-9-7(4-5-8-9)6-12-13(2,10)11/h4-5H,3,6H2,1-2H3. The average molecular weight is 204 g/mol. The fraction of sp³-hybridized carbons (Fsp3) is 0.571. The van der Waals surface area contributed by atoms with Gasteiger partial charge in [-0.15, -0.1) is 0 Å². The average Bonchev–Trinajstić information content (AvgIpc) is 2.46. The number of nitrogens with zero attached hydrogens (tertiary/aromatic N) is 2. The Labute approximate surface area is 77.4 Å². The highest BCUT2D eigenvalue weighted by Gasteiger charge is 2.05. The van der Waals surface area contributed by atoms with Gasteiger partial charge < -0.3 is 0 Å². The van der Waals surface area contributed by atoms with Gasteiger partial charge in [0.25, 0.3) is 10.1 Å². The first-order valence-electron chi connectivity index (χ1n) is 3.88. The lowest BCUT2D eigenvalue weighted by Crippen LogP contribution is -2.08. The highest BCUT2D eigenvalue weighted by atomic mass is 32.2. The van der Waals surface area contributed by atoms with Gasteiger partial charge in [0, 0.05) is 12.7 Å². The molecule has 1 aromatic rings. The summed E-state index contributed by atoms with van der Waals surface area (Å²) in [7, 11) is -3.37. The van der Waals surface area contributed by atoms with Crippen molar-refractivity contribution in [2.75, 3.05) is 6.26 Å². The Morgan fingerprint density at radius 2 is 2.31 bits per heavy atom. The van der Waals surface area contributed by atoms with Crippen molar-refractivity contribution >= 4 is 10.1 Å². The highest BCUT2D eigenvalue weighted by Crippen LogP contribution is 2.02. The van der Waals surface area contributed by atoms with Crippen LogP contribution in [0.5, 0.6) is 0 Å². The van der Waals surface area contributed by atoms with E-state index in [9.17, 15) is 8.42 Å². The SMILES string of the molecule is CCn1nccc1COS(C)(=O)=O. The second-order valence-electron chi connectivity index (χ2n) is 2.60. The molecule has 0 spiro atoms. The van der Waals surface area contributed by atoms with Crippen molar-refractivity contribution < 1.29 is 12.6 Å². The molecule has 13 heavy (non-hydrogen) atoms. The molecule has 0 fully saturated rings. The second kappa shape index (κ2) is 3.89. The minimum Gasteiger partial charge on any atom is -0.267 e. The van der Waals surface area contributed by atoms with E-state index in [-0.39, 0.29) is 6.61 Å². The Hall–Kier alpha value is -0.880. The van der Waals surface area contributed by atoms with Crippen molar-refractivity contribution in [1.29, 1.82) is 0 Å². The summed E-state index contributed by atoms with van der Waals surface area (Å²) >= 11 is 0. The molecule has 0 aliphatic carbocycles. The van der Waals surface area contributed by atoms with E-state index in [1.54, 1.807) is 16.9 Å². The molecule has 0 saturated carbocycles. The van der Waals surface area contributed by atoms with Crippen molar-refractivity contribution in [3.05, 3.63) is 18.0 Å². The topological polar surface area (TPSA) is 61.2 Å². The van der Waals surface area contributed by atoms with Crippen molar-refractivity contribution in [3.8, 4) is 0 Å². The number of hydrogen-bond donors (Lipinski definition) is 0.